The molecular formula is C26H26N4O6. The molecule has 2 heterocycles. The van der Waals surface area contributed by atoms with Gasteiger partial charge in [0.15, 0.2) is 0 Å². The number of ether oxygens (including phenoxy) is 1. The van der Waals surface area contributed by atoms with Gasteiger partial charge in [-0.25, -0.2) is 0 Å². The highest BCUT2D eigenvalue weighted by Crippen LogP contribution is 2.31. The number of nitro groups is 1. The normalized spacial score (nSPS) is 15.5. The van der Waals surface area contributed by atoms with E-state index in [2.05, 4.69) is 5.16 Å². The third kappa shape index (κ3) is 5.53. The van der Waals surface area contributed by atoms with E-state index in [9.17, 15) is 25.3 Å². The van der Waals surface area contributed by atoms with E-state index in [1.807, 2.05) is 35.2 Å². The van der Waals surface area contributed by atoms with E-state index in [-0.39, 0.29) is 11.3 Å². The van der Waals surface area contributed by atoms with E-state index in [0.29, 0.717) is 55.0 Å². The van der Waals surface area contributed by atoms with Crippen LogP contribution in [0.25, 0.3) is 11.3 Å². The Labute approximate surface area is 207 Å². The highest BCUT2D eigenvalue weighted by atomic mass is 16.6. The Morgan fingerprint density at radius 3 is 2.81 bits per heavy atom. The Morgan fingerprint density at radius 1 is 1.33 bits per heavy atom. The maximum absolute atomic E-state index is 11.3. The van der Waals surface area contributed by atoms with E-state index >= 15 is 0 Å². The number of likely N-dealkylation sites (tertiary alicyclic amines) is 1. The largest absolute Gasteiger partial charge is 0.494 e. The summed E-state index contributed by atoms with van der Waals surface area (Å²) in [5.41, 5.74) is 2.40. The van der Waals surface area contributed by atoms with Crippen LogP contribution in [-0.2, 0) is 17.8 Å². The zero-order valence-corrected chi connectivity index (χ0v) is 19.8. The fraction of sp³-hybridized carbons (Fsp3) is 0.346. The van der Waals surface area contributed by atoms with Crippen molar-refractivity contribution in [1.29, 1.82) is 5.26 Å². The standard InChI is InChI=1S/C26H26N4O6/c1-17-22(15-27)21(10-11-24(17)30(33)34)23-14-20(36-28-23)4-3-13-35-19-8-6-18(7-9-19)16-29-12-2-5-25(29)26(31)32/h6-11,14,25H,2-5,12-13,16H2,1H3,(H,31,32)/t25-/m1/s1. The van der Waals surface area contributed by atoms with Crippen molar-refractivity contribution in [3.05, 3.63) is 75.0 Å². The summed E-state index contributed by atoms with van der Waals surface area (Å²) in [5, 5.41) is 34.0. The maximum Gasteiger partial charge on any atom is 0.320 e. The zero-order chi connectivity index (χ0) is 25.7. The van der Waals surface area contributed by atoms with Gasteiger partial charge >= 0.3 is 5.97 Å². The lowest BCUT2D eigenvalue weighted by Gasteiger charge is -2.21. The summed E-state index contributed by atoms with van der Waals surface area (Å²) >= 11 is 0. The molecule has 1 aliphatic rings. The molecule has 1 aromatic heterocycles. The van der Waals surface area contributed by atoms with E-state index in [1.54, 1.807) is 13.0 Å². The van der Waals surface area contributed by atoms with Gasteiger partial charge in [-0.2, -0.15) is 5.26 Å². The number of rotatable bonds is 10. The first kappa shape index (κ1) is 24.9. The number of benzene rings is 2. The number of aryl methyl sites for hydroxylation is 1. The van der Waals surface area contributed by atoms with Crippen molar-refractivity contribution in [3.63, 3.8) is 0 Å². The van der Waals surface area contributed by atoms with Crippen LogP contribution in [0.1, 0.15) is 41.7 Å². The SMILES string of the molecule is Cc1c([N+](=O)[O-])ccc(-c2cc(CCCOc3ccc(CN4CCC[C@@H]4C(=O)O)cc3)on2)c1C#N. The molecule has 0 saturated carbocycles. The molecule has 0 aliphatic carbocycles. The number of nitrogens with zero attached hydrogens (tertiary/aromatic N) is 4. The average Bonchev–Trinajstić information content (AvgIpc) is 3.52. The smallest absolute Gasteiger partial charge is 0.320 e. The van der Waals surface area contributed by atoms with Gasteiger partial charge in [-0.15, -0.1) is 0 Å². The van der Waals surface area contributed by atoms with Crippen LogP contribution in [0.3, 0.4) is 0 Å². The molecule has 4 rings (SSSR count). The van der Waals surface area contributed by atoms with Gasteiger partial charge in [-0.3, -0.25) is 19.8 Å². The van der Waals surface area contributed by atoms with Gasteiger partial charge in [-0.05, 0) is 56.5 Å². The Morgan fingerprint density at radius 2 is 2.11 bits per heavy atom. The quantitative estimate of drug-likeness (QED) is 0.247. The van der Waals surface area contributed by atoms with Crippen molar-refractivity contribution >= 4 is 11.7 Å². The summed E-state index contributed by atoms with van der Waals surface area (Å²) in [6.07, 6.45) is 2.84. The van der Waals surface area contributed by atoms with Gasteiger partial charge in [0.05, 0.1) is 17.1 Å². The summed E-state index contributed by atoms with van der Waals surface area (Å²) < 4.78 is 11.2. The summed E-state index contributed by atoms with van der Waals surface area (Å²) in [4.78, 5) is 24.0. The number of nitriles is 1. The highest BCUT2D eigenvalue weighted by Gasteiger charge is 2.30. The first-order chi connectivity index (χ1) is 17.4. The summed E-state index contributed by atoms with van der Waals surface area (Å²) in [7, 11) is 0. The monoisotopic (exact) mass is 490 g/mol. The second-order valence-corrected chi connectivity index (χ2v) is 8.74. The van der Waals surface area contributed by atoms with Crippen LogP contribution in [-0.4, -0.2) is 45.2 Å². The fourth-order valence-electron chi connectivity index (χ4n) is 4.47. The molecule has 1 N–H and O–H groups in total. The third-order valence-electron chi connectivity index (χ3n) is 6.37. The van der Waals surface area contributed by atoms with Gasteiger partial charge in [-0.1, -0.05) is 17.3 Å². The van der Waals surface area contributed by atoms with Crippen LogP contribution in [0.2, 0.25) is 0 Å². The molecule has 2 aromatic carbocycles. The van der Waals surface area contributed by atoms with Crippen molar-refractivity contribution in [2.24, 2.45) is 0 Å². The number of nitro benzene ring substituents is 1. The molecule has 0 amide bonds. The first-order valence-electron chi connectivity index (χ1n) is 11.7. The molecule has 0 spiro atoms. The molecule has 1 saturated heterocycles. The van der Waals surface area contributed by atoms with Crippen molar-refractivity contribution in [2.75, 3.05) is 13.2 Å². The molecular weight excluding hydrogens is 464 g/mol. The minimum atomic E-state index is -0.764. The molecule has 0 radical (unpaired) electrons. The van der Waals surface area contributed by atoms with Gasteiger partial charge in [0.25, 0.3) is 5.69 Å². The van der Waals surface area contributed by atoms with Crippen LogP contribution < -0.4 is 4.74 Å². The number of hydrogen-bond donors (Lipinski definition) is 1. The van der Waals surface area contributed by atoms with Crippen molar-refractivity contribution in [1.82, 2.24) is 10.1 Å². The van der Waals surface area contributed by atoms with E-state index in [1.165, 1.54) is 12.1 Å². The van der Waals surface area contributed by atoms with Crippen LogP contribution >= 0.6 is 0 Å². The van der Waals surface area contributed by atoms with E-state index in [4.69, 9.17) is 9.26 Å². The highest BCUT2D eigenvalue weighted by molar-refractivity contribution is 5.74. The van der Waals surface area contributed by atoms with Crippen molar-refractivity contribution in [2.45, 2.75) is 45.2 Å². The summed E-state index contributed by atoms with van der Waals surface area (Å²) in [5.74, 6) is 0.593. The van der Waals surface area contributed by atoms with E-state index in [0.717, 1.165) is 24.3 Å². The lowest BCUT2D eigenvalue weighted by Crippen LogP contribution is -2.35. The number of aromatic nitrogens is 1. The minimum absolute atomic E-state index is 0.107. The Kier molecular flexibility index (Phi) is 7.61. The number of hydrogen-bond acceptors (Lipinski definition) is 8. The lowest BCUT2D eigenvalue weighted by molar-refractivity contribution is -0.385. The second-order valence-electron chi connectivity index (χ2n) is 8.74. The maximum atomic E-state index is 11.3. The van der Waals surface area contributed by atoms with Crippen LogP contribution in [0, 0.1) is 28.4 Å². The van der Waals surface area contributed by atoms with Crippen molar-refractivity contribution in [3.8, 4) is 23.1 Å². The molecule has 36 heavy (non-hydrogen) atoms. The molecule has 0 unspecified atom stereocenters. The molecule has 0 bridgehead atoms. The molecule has 1 fully saturated rings. The summed E-state index contributed by atoms with van der Waals surface area (Å²) in [6, 6.07) is 13.9. The molecule has 186 valence electrons. The molecule has 1 atom stereocenters. The van der Waals surface area contributed by atoms with Crippen LogP contribution in [0.15, 0.2) is 47.0 Å². The first-order valence-corrected chi connectivity index (χ1v) is 11.7. The Balaban J connectivity index is 1.28. The van der Waals surface area contributed by atoms with Gasteiger partial charge in [0, 0.05) is 36.2 Å². The van der Waals surface area contributed by atoms with E-state index < -0.39 is 16.9 Å². The van der Waals surface area contributed by atoms with Gasteiger partial charge in [0.1, 0.15) is 29.3 Å². The Hall–Kier alpha value is -4.23. The van der Waals surface area contributed by atoms with Crippen LogP contribution in [0.4, 0.5) is 5.69 Å². The zero-order valence-electron chi connectivity index (χ0n) is 19.8. The third-order valence-corrected chi connectivity index (χ3v) is 6.37. The predicted molar refractivity (Wildman–Crippen MR) is 129 cm³/mol. The predicted octanol–water partition coefficient (Wildman–Crippen LogP) is 4.49. The lowest BCUT2D eigenvalue weighted by atomic mass is 9.98. The van der Waals surface area contributed by atoms with Crippen molar-refractivity contribution < 1.29 is 24.1 Å². The van der Waals surface area contributed by atoms with Crippen LogP contribution in [0.5, 0.6) is 5.75 Å². The molecule has 3 aromatic rings. The molecule has 10 heteroatoms. The second kappa shape index (κ2) is 11.0. The number of carbonyl (C=O) groups is 1. The van der Waals surface area contributed by atoms with Gasteiger partial charge in [0.2, 0.25) is 0 Å². The minimum Gasteiger partial charge on any atom is -0.494 e. The summed E-state index contributed by atoms with van der Waals surface area (Å²) in [6.45, 7) is 3.40. The topological polar surface area (TPSA) is 143 Å². The average molecular weight is 491 g/mol. The molecule has 10 nitrogen and oxygen atoms in total. The number of aliphatic carboxylic acids is 1. The Bertz CT molecular complexity index is 1290. The molecule has 1 aliphatic heterocycles. The number of carboxylic acids is 1. The van der Waals surface area contributed by atoms with Gasteiger partial charge < -0.3 is 14.4 Å². The number of carboxylic acid groups (broad SMARTS) is 1. The fourth-order valence-corrected chi connectivity index (χ4v) is 4.47.